The molecule has 106 valence electrons. The molecule has 2 aromatic rings. The highest BCUT2D eigenvalue weighted by Gasteiger charge is 2.19. The van der Waals surface area contributed by atoms with Gasteiger partial charge >= 0.3 is 0 Å². The summed E-state index contributed by atoms with van der Waals surface area (Å²) in [6.45, 7) is 6.14. The molecule has 0 spiro atoms. The second-order valence-corrected chi connectivity index (χ2v) is 5.98. The van der Waals surface area contributed by atoms with Gasteiger partial charge in [0.05, 0.1) is 5.52 Å². The van der Waals surface area contributed by atoms with E-state index in [1.165, 1.54) is 41.5 Å². The van der Waals surface area contributed by atoms with Crippen LogP contribution in [0.5, 0.6) is 0 Å². The zero-order chi connectivity index (χ0) is 14.1. The lowest BCUT2D eigenvalue weighted by atomic mass is 9.89. The topological polar surface area (TPSA) is 24.9 Å². The largest absolute Gasteiger partial charge is 0.313 e. The Hall–Kier alpha value is -1.12. The molecule has 0 atom stereocenters. The number of halogens is 1. The third-order valence-electron chi connectivity index (χ3n) is 4.29. The zero-order valence-corrected chi connectivity index (χ0v) is 13.0. The van der Waals surface area contributed by atoms with Crippen molar-refractivity contribution in [2.24, 2.45) is 0 Å². The third-order valence-corrected chi connectivity index (χ3v) is 4.70. The summed E-state index contributed by atoms with van der Waals surface area (Å²) >= 11 is 6.27. The fraction of sp³-hybridized carbons (Fsp3) is 0.471. The molecule has 1 aromatic carbocycles. The number of nitrogens with one attached hydrogen (secondary N) is 1. The Kier molecular flexibility index (Phi) is 3.95. The van der Waals surface area contributed by atoms with E-state index in [2.05, 4.69) is 25.2 Å². The van der Waals surface area contributed by atoms with Crippen LogP contribution in [0.25, 0.3) is 10.9 Å². The number of pyridine rings is 1. The van der Waals surface area contributed by atoms with E-state index in [-0.39, 0.29) is 0 Å². The number of hydrogen-bond donors (Lipinski definition) is 1. The molecule has 1 aliphatic rings. The maximum Gasteiger partial charge on any atom is 0.0752 e. The van der Waals surface area contributed by atoms with Crippen LogP contribution in [0, 0.1) is 6.92 Å². The Morgan fingerprint density at radius 1 is 1.25 bits per heavy atom. The molecule has 0 amide bonds. The first-order valence-electron chi connectivity index (χ1n) is 7.52. The van der Waals surface area contributed by atoms with Crippen LogP contribution >= 0.6 is 11.6 Å². The Morgan fingerprint density at radius 2 is 2.05 bits per heavy atom. The van der Waals surface area contributed by atoms with Crippen molar-refractivity contribution in [1.29, 1.82) is 0 Å². The molecule has 20 heavy (non-hydrogen) atoms. The van der Waals surface area contributed by atoms with Crippen LogP contribution in [0.2, 0.25) is 5.02 Å². The van der Waals surface area contributed by atoms with Crippen LogP contribution in [0.3, 0.4) is 0 Å². The summed E-state index contributed by atoms with van der Waals surface area (Å²) in [7, 11) is 0. The quantitative estimate of drug-likeness (QED) is 0.916. The number of hydrogen-bond acceptors (Lipinski definition) is 2. The van der Waals surface area contributed by atoms with Gasteiger partial charge in [0.15, 0.2) is 0 Å². The molecular weight excluding hydrogens is 268 g/mol. The van der Waals surface area contributed by atoms with E-state index >= 15 is 0 Å². The van der Waals surface area contributed by atoms with E-state index in [4.69, 9.17) is 16.6 Å². The lowest BCUT2D eigenvalue weighted by Crippen LogP contribution is -2.17. The molecule has 1 aromatic heterocycles. The van der Waals surface area contributed by atoms with E-state index in [9.17, 15) is 0 Å². The molecule has 0 aliphatic heterocycles. The van der Waals surface area contributed by atoms with Gasteiger partial charge in [-0.25, -0.2) is 0 Å². The molecule has 0 saturated carbocycles. The average molecular weight is 289 g/mol. The van der Waals surface area contributed by atoms with E-state index in [0.717, 1.165) is 35.6 Å². The van der Waals surface area contributed by atoms with Crippen LogP contribution in [0.15, 0.2) is 12.1 Å². The molecule has 3 rings (SSSR count). The first-order valence-corrected chi connectivity index (χ1v) is 7.90. The van der Waals surface area contributed by atoms with Gasteiger partial charge in [-0.1, -0.05) is 24.6 Å². The van der Waals surface area contributed by atoms with Crippen molar-refractivity contribution in [2.75, 3.05) is 6.54 Å². The van der Waals surface area contributed by atoms with Crippen molar-refractivity contribution in [1.82, 2.24) is 10.3 Å². The second kappa shape index (κ2) is 5.71. The monoisotopic (exact) mass is 288 g/mol. The average Bonchev–Trinajstić information content (AvgIpc) is 2.48. The van der Waals surface area contributed by atoms with Crippen molar-refractivity contribution in [3.63, 3.8) is 0 Å². The molecule has 1 aliphatic carbocycles. The highest BCUT2D eigenvalue weighted by molar-refractivity contribution is 6.32. The van der Waals surface area contributed by atoms with Crippen LogP contribution in [0.4, 0.5) is 0 Å². The van der Waals surface area contributed by atoms with E-state index in [1.54, 1.807) is 0 Å². The maximum absolute atomic E-state index is 6.27. The Labute approximate surface area is 125 Å². The van der Waals surface area contributed by atoms with Crippen molar-refractivity contribution in [3.8, 4) is 0 Å². The summed E-state index contributed by atoms with van der Waals surface area (Å²) in [4.78, 5) is 4.93. The van der Waals surface area contributed by atoms with Crippen molar-refractivity contribution < 1.29 is 0 Å². The number of fused-ring (bicyclic) bond motifs is 2. The van der Waals surface area contributed by atoms with Gasteiger partial charge in [0.1, 0.15) is 0 Å². The Balaban J connectivity index is 2.27. The standard InChI is InChI=1S/C17H21ClN2/c1-3-19-10-14-12-6-4-5-7-16(12)20-17-11(2)15(18)9-8-13(14)17/h8-9,19H,3-7,10H2,1-2H3. The molecule has 0 bridgehead atoms. The van der Waals surface area contributed by atoms with Gasteiger partial charge in [0, 0.05) is 22.6 Å². The number of rotatable bonds is 3. The molecule has 0 saturated heterocycles. The summed E-state index contributed by atoms with van der Waals surface area (Å²) in [5.74, 6) is 0. The molecule has 1 heterocycles. The van der Waals surface area contributed by atoms with Crippen LogP contribution in [0.1, 0.15) is 42.1 Å². The van der Waals surface area contributed by atoms with E-state index in [1.807, 2.05) is 6.07 Å². The van der Waals surface area contributed by atoms with Crippen LogP contribution in [-0.4, -0.2) is 11.5 Å². The fourth-order valence-corrected chi connectivity index (χ4v) is 3.30. The Bertz CT molecular complexity index is 649. The molecule has 2 nitrogen and oxygen atoms in total. The van der Waals surface area contributed by atoms with Crippen LogP contribution < -0.4 is 5.32 Å². The number of aryl methyl sites for hydroxylation is 2. The summed E-state index contributed by atoms with van der Waals surface area (Å²) in [6, 6.07) is 4.14. The lowest BCUT2D eigenvalue weighted by molar-refractivity contribution is 0.651. The van der Waals surface area contributed by atoms with Crippen molar-refractivity contribution in [2.45, 2.75) is 46.1 Å². The van der Waals surface area contributed by atoms with Gasteiger partial charge in [-0.3, -0.25) is 4.98 Å². The summed E-state index contributed by atoms with van der Waals surface area (Å²) < 4.78 is 0. The van der Waals surface area contributed by atoms with Gasteiger partial charge < -0.3 is 5.32 Å². The summed E-state index contributed by atoms with van der Waals surface area (Å²) in [5, 5.41) is 5.57. The van der Waals surface area contributed by atoms with Crippen molar-refractivity contribution in [3.05, 3.63) is 39.5 Å². The number of nitrogens with zero attached hydrogens (tertiary/aromatic N) is 1. The van der Waals surface area contributed by atoms with Gasteiger partial charge in [-0.05, 0) is 61.9 Å². The SMILES string of the molecule is CCNCc1c2c(nc3c(C)c(Cl)ccc13)CCCC2. The predicted octanol–water partition coefficient (Wildman–Crippen LogP) is 4.18. The smallest absolute Gasteiger partial charge is 0.0752 e. The minimum Gasteiger partial charge on any atom is -0.313 e. The molecule has 0 unspecified atom stereocenters. The normalized spacial score (nSPS) is 14.6. The fourth-order valence-electron chi connectivity index (χ4n) is 3.15. The van der Waals surface area contributed by atoms with Gasteiger partial charge in [-0.2, -0.15) is 0 Å². The molecule has 0 radical (unpaired) electrons. The van der Waals surface area contributed by atoms with E-state index < -0.39 is 0 Å². The number of aromatic nitrogens is 1. The summed E-state index contributed by atoms with van der Waals surface area (Å²) in [6.07, 6.45) is 4.81. The second-order valence-electron chi connectivity index (χ2n) is 5.57. The minimum absolute atomic E-state index is 0.815. The first kappa shape index (κ1) is 13.8. The molecular formula is C17H21ClN2. The predicted molar refractivity (Wildman–Crippen MR) is 85.5 cm³/mol. The lowest BCUT2D eigenvalue weighted by Gasteiger charge is -2.22. The highest BCUT2D eigenvalue weighted by Crippen LogP contribution is 2.32. The van der Waals surface area contributed by atoms with Crippen LogP contribution in [-0.2, 0) is 19.4 Å². The van der Waals surface area contributed by atoms with Crippen molar-refractivity contribution >= 4 is 22.5 Å². The summed E-state index contributed by atoms with van der Waals surface area (Å²) in [5.41, 5.74) is 6.40. The van der Waals surface area contributed by atoms with Gasteiger partial charge in [-0.15, -0.1) is 0 Å². The van der Waals surface area contributed by atoms with E-state index in [0.29, 0.717) is 0 Å². The molecule has 1 N–H and O–H groups in total. The molecule has 3 heteroatoms. The first-order chi connectivity index (χ1) is 9.72. The third kappa shape index (κ3) is 2.32. The minimum atomic E-state index is 0.815. The maximum atomic E-state index is 6.27. The number of benzene rings is 1. The van der Waals surface area contributed by atoms with Gasteiger partial charge in [0.2, 0.25) is 0 Å². The molecule has 0 fully saturated rings. The highest BCUT2D eigenvalue weighted by atomic mass is 35.5. The Morgan fingerprint density at radius 3 is 2.85 bits per heavy atom. The van der Waals surface area contributed by atoms with Gasteiger partial charge in [0.25, 0.3) is 0 Å². The zero-order valence-electron chi connectivity index (χ0n) is 12.2.